The molecule has 0 radical (unpaired) electrons. The Labute approximate surface area is 138 Å². The maximum Gasteiger partial charge on any atom is 0.241 e. The SMILES string of the molecule is COCC(N)C(=O)N1CCC(c2cccc(OC)c2)CC1.Cl. The number of carbonyl (C=O) groups excluding carboxylic acids is 1. The summed E-state index contributed by atoms with van der Waals surface area (Å²) >= 11 is 0. The Bertz CT molecular complexity index is 476. The molecule has 6 heteroatoms. The first kappa shape index (κ1) is 18.7. The van der Waals surface area contributed by atoms with Crippen LogP contribution in [0.3, 0.4) is 0 Å². The molecule has 1 heterocycles. The number of amides is 1. The highest BCUT2D eigenvalue weighted by atomic mass is 35.5. The number of methoxy groups -OCH3 is 2. The topological polar surface area (TPSA) is 64.8 Å². The van der Waals surface area contributed by atoms with Gasteiger partial charge in [0.2, 0.25) is 5.91 Å². The number of nitrogens with two attached hydrogens (primary N) is 1. The maximum atomic E-state index is 12.1. The second-order valence-corrected chi connectivity index (χ2v) is 5.44. The molecule has 22 heavy (non-hydrogen) atoms. The molecule has 0 spiro atoms. The number of piperidine rings is 1. The van der Waals surface area contributed by atoms with E-state index in [0.717, 1.165) is 31.7 Å². The number of benzene rings is 1. The summed E-state index contributed by atoms with van der Waals surface area (Å²) in [6.45, 7) is 1.77. The van der Waals surface area contributed by atoms with Crippen molar-refractivity contribution in [1.29, 1.82) is 0 Å². The van der Waals surface area contributed by atoms with Crippen LogP contribution in [0.4, 0.5) is 0 Å². The van der Waals surface area contributed by atoms with Crippen molar-refractivity contribution >= 4 is 18.3 Å². The molecule has 2 rings (SSSR count). The van der Waals surface area contributed by atoms with Gasteiger partial charge >= 0.3 is 0 Å². The fourth-order valence-electron chi connectivity index (χ4n) is 2.81. The Morgan fingerprint density at radius 3 is 2.64 bits per heavy atom. The zero-order chi connectivity index (χ0) is 15.2. The predicted octanol–water partition coefficient (Wildman–Crippen LogP) is 1.80. The van der Waals surface area contributed by atoms with E-state index in [1.807, 2.05) is 17.0 Å². The van der Waals surface area contributed by atoms with Gasteiger partial charge in [-0.05, 0) is 36.5 Å². The van der Waals surface area contributed by atoms with Gasteiger partial charge in [-0.3, -0.25) is 4.79 Å². The van der Waals surface area contributed by atoms with E-state index < -0.39 is 6.04 Å². The summed E-state index contributed by atoms with van der Waals surface area (Å²) in [7, 11) is 3.24. The first-order valence-corrected chi connectivity index (χ1v) is 7.33. The largest absolute Gasteiger partial charge is 0.497 e. The van der Waals surface area contributed by atoms with Crippen LogP contribution < -0.4 is 10.5 Å². The van der Waals surface area contributed by atoms with E-state index in [1.165, 1.54) is 5.56 Å². The van der Waals surface area contributed by atoms with Crippen molar-refractivity contribution in [2.75, 3.05) is 33.9 Å². The van der Waals surface area contributed by atoms with Crippen LogP contribution in [0.1, 0.15) is 24.3 Å². The smallest absolute Gasteiger partial charge is 0.241 e. The summed E-state index contributed by atoms with van der Waals surface area (Å²) in [6, 6.07) is 7.62. The summed E-state index contributed by atoms with van der Waals surface area (Å²) < 4.78 is 10.2. The molecular weight excluding hydrogens is 304 g/mol. The van der Waals surface area contributed by atoms with E-state index in [-0.39, 0.29) is 24.9 Å². The molecule has 1 saturated heterocycles. The lowest BCUT2D eigenvalue weighted by atomic mass is 9.89. The highest BCUT2D eigenvalue weighted by Gasteiger charge is 2.27. The summed E-state index contributed by atoms with van der Waals surface area (Å²) in [5.74, 6) is 1.34. The lowest BCUT2D eigenvalue weighted by Crippen LogP contribution is -2.48. The minimum absolute atomic E-state index is 0. The molecule has 1 aliphatic rings. The second kappa shape index (κ2) is 8.98. The Morgan fingerprint density at radius 2 is 2.05 bits per heavy atom. The molecule has 0 saturated carbocycles. The van der Waals surface area contributed by atoms with Crippen molar-refractivity contribution in [2.24, 2.45) is 5.73 Å². The second-order valence-electron chi connectivity index (χ2n) is 5.44. The number of halogens is 1. The number of ether oxygens (including phenoxy) is 2. The molecule has 1 fully saturated rings. The molecule has 1 aromatic rings. The van der Waals surface area contributed by atoms with Crippen LogP contribution in [-0.4, -0.2) is 50.8 Å². The molecule has 1 aliphatic heterocycles. The van der Waals surface area contributed by atoms with Crippen LogP contribution in [-0.2, 0) is 9.53 Å². The van der Waals surface area contributed by atoms with E-state index in [4.69, 9.17) is 15.2 Å². The summed E-state index contributed by atoms with van der Waals surface area (Å²) in [4.78, 5) is 14.0. The highest BCUT2D eigenvalue weighted by molar-refractivity contribution is 5.85. The molecule has 1 amide bonds. The van der Waals surface area contributed by atoms with Crippen LogP contribution in [0.5, 0.6) is 5.75 Å². The Balaban J connectivity index is 0.00000242. The molecule has 0 aromatic heterocycles. The van der Waals surface area contributed by atoms with Crippen molar-refractivity contribution in [3.63, 3.8) is 0 Å². The summed E-state index contributed by atoms with van der Waals surface area (Å²) in [6.07, 6.45) is 1.91. The zero-order valence-corrected chi connectivity index (χ0v) is 14.0. The number of nitrogens with zero attached hydrogens (tertiary/aromatic N) is 1. The van der Waals surface area contributed by atoms with E-state index in [0.29, 0.717) is 5.92 Å². The van der Waals surface area contributed by atoms with Gasteiger partial charge in [-0.2, -0.15) is 0 Å². The summed E-state index contributed by atoms with van der Waals surface area (Å²) in [5.41, 5.74) is 7.09. The van der Waals surface area contributed by atoms with Crippen LogP contribution in [0, 0.1) is 0 Å². The average Bonchev–Trinajstić information content (AvgIpc) is 2.54. The Kier molecular flexibility index (Phi) is 7.65. The molecule has 0 aliphatic carbocycles. The third-order valence-corrected chi connectivity index (χ3v) is 4.04. The maximum absolute atomic E-state index is 12.1. The van der Waals surface area contributed by atoms with Crippen LogP contribution in [0.15, 0.2) is 24.3 Å². The molecule has 1 atom stereocenters. The van der Waals surface area contributed by atoms with Gasteiger partial charge in [0.1, 0.15) is 11.8 Å². The third-order valence-electron chi connectivity index (χ3n) is 4.04. The summed E-state index contributed by atoms with van der Waals surface area (Å²) in [5, 5.41) is 0. The highest BCUT2D eigenvalue weighted by Crippen LogP contribution is 2.30. The molecule has 1 aromatic carbocycles. The van der Waals surface area contributed by atoms with Crippen LogP contribution in [0.2, 0.25) is 0 Å². The van der Waals surface area contributed by atoms with E-state index in [9.17, 15) is 4.79 Å². The van der Waals surface area contributed by atoms with Gasteiger partial charge in [0.15, 0.2) is 0 Å². The van der Waals surface area contributed by atoms with Gasteiger partial charge in [0, 0.05) is 20.2 Å². The fraction of sp³-hybridized carbons (Fsp3) is 0.562. The first-order valence-electron chi connectivity index (χ1n) is 7.33. The molecule has 2 N–H and O–H groups in total. The van der Waals surface area contributed by atoms with Crippen molar-refractivity contribution in [2.45, 2.75) is 24.8 Å². The number of likely N-dealkylation sites (tertiary alicyclic amines) is 1. The molecule has 0 bridgehead atoms. The number of hydrogen-bond acceptors (Lipinski definition) is 4. The van der Waals surface area contributed by atoms with Gasteiger partial charge in [0.25, 0.3) is 0 Å². The first-order chi connectivity index (χ1) is 10.2. The van der Waals surface area contributed by atoms with Gasteiger partial charge in [-0.15, -0.1) is 12.4 Å². The van der Waals surface area contributed by atoms with Gasteiger partial charge in [-0.25, -0.2) is 0 Å². The van der Waals surface area contributed by atoms with Crippen molar-refractivity contribution in [3.8, 4) is 5.75 Å². The van der Waals surface area contributed by atoms with Gasteiger partial charge < -0.3 is 20.1 Å². The van der Waals surface area contributed by atoms with E-state index in [1.54, 1.807) is 14.2 Å². The molecule has 1 unspecified atom stereocenters. The molecule has 124 valence electrons. The number of carbonyl (C=O) groups is 1. The number of hydrogen-bond donors (Lipinski definition) is 1. The fourth-order valence-corrected chi connectivity index (χ4v) is 2.81. The standard InChI is InChI=1S/C16H24N2O3.ClH/c1-20-11-15(17)16(19)18-8-6-12(7-9-18)13-4-3-5-14(10-13)21-2;/h3-5,10,12,15H,6-9,11,17H2,1-2H3;1H. The van der Waals surface area contributed by atoms with Crippen molar-refractivity contribution in [1.82, 2.24) is 4.90 Å². The predicted molar refractivity (Wildman–Crippen MR) is 88.6 cm³/mol. The Morgan fingerprint density at radius 1 is 1.36 bits per heavy atom. The van der Waals surface area contributed by atoms with Crippen molar-refractivity contribution < 1.29 is 14.3 Å². The molecule has 5 nitrogen and oxygen atoms in total. The minimum atomic E-state index is -0.552. The van der Waals surface area contributed by atoms with Crippen molar-refractivity contribution in [3.05, 3.63) is 29.8 Å². The molecular formula is C16H25ClN2O3. The van der Waals surface area contributed by atoms with E-state index >= 15 is 0 Å². The average molecular weight is 329 g/mol. The van der Waals surface area contributed by atoms with Crippen LogP contribution in [0.25, 0.3) is 0 Å². The number of rotatable bonds is 5. The lowest BCUT2D eigenvalue weighted by Gasteiger charge is -2.33. The lowest BCUT2D eigenvalue weighted by molar-refractivity contribution is -0.134. The van der Waals surface area contributed by atoms with Gasteiger partial charge in [-0.1, -0.05) is 12.1 Å². The third kappa shape index (κ3) is 4.60. The van der Waals surface area contributed by atoms with Crippen LogP contribution >= 0.6 is 12.4 Å². The zero-order valence-electron chi connectivity index (χ0n) is 13.2. The normalized spacial score (nSPS) is 16.8. The quantitative estimate of drug-likeness (QED) is 0.895. The Hall–Kier alpha value is -1.30. The van der Waals surface area contributed by atoms with E-state index in [2.05, 4.69) is 12.1 Å². The van der Waals surface area contributed by atoms with Gasteiger partial charge in [0.05, 0.1) is 13.7 Å². The monoisotopic (exact) mass is 328 g/mol. The minimum Gasteiger partial charge on any atom is -0.497 e.